The molecule has 0 spiro atoms. The molecular weight excluding hydrogens is 287 g/mol. The molecule has 1 aliphatic rings. The molecule has 1 saturated heterocycles. The molecule has 1 atom stereocenters. The number of aliphatic carboxylic acids is 1. The van der Waals surface area contributed by atoms with E-state index >= 15 is 0 Å². The second-order valence-electron chi connectivity index (χ2n) is 5.78. The molecule has 1 aromatic rings. The molecule has 6 heteroatoms. The summed E-state index contributed by atoms with van der Waals surface area (Å²) >= 11 is 0. The van der Waals surface area contributed by atoms with Crippen molar-refractivity contribution >= 4 is 17.6 Å². The van der Waals surface area contributed by atoms with E-state index in [1.165, 1.54) is 6.07 Å². The monoisotopic (exact) mass is 308 g/mol. The molecule has 1 aromatic carbocycles. The number of carboxylic acids is 1. The highest BCUT2D eigenvalue weighted by Crippen LogP contribution is 2.20. The minimum atomic E-state index is -0.771. The quantitative estimate of drug-likeness (QED) is 0.895. The summed E-state index contributed by atoms with van der Waals surface area (Å²) < 4.78 is 13.5. The van der Waals surface area contributed by atoms with Crippen LogP contribution >= 0.6 is 0 Å². The predicted molar refractivity (Wildman–Crippen MR) is 81.2 cm³/mol. The number of likely N-dealkylation sites (tertiary alicyclic amines) is 1. The Hall–Kier alpha value is -1.95. The number of benzene rings is 1. The van der Waals surface area contributed by atoms with E-state index in [0.717, 1.165) is 0 Å². The lowest BCUT2D eigenvalue weighted by molar-refractivity contribution is -0.143. The molecule has 0 aliphatic carbocycles. The summed E-state index contributed by atoms with van der Waals surface area (Å²) in [6, 6.07) is 4.21. The molecule has 5 nitrogen and oxygen atoms in total. The fourth-order valence-electron chi connectivity index (χ4n) is 2.62. The second-order valence-corrected chi connectivity index (χ2v) is 5.78. The number of halogens is 1. The lowest BCUT2D eigenvalue weighted by atomic mass is 9.96. The summed E-state index contributed by atoms with van der Waals surface area (Å²) in [7, 11) is 0. The van der Waals surface area contributed by atoms with Crippen molar-refractivity contribution in [2.24, 2.45) is 5.92 Å². The number of aryl methyl sites for hydroxylation is 1. The predicted octanol–water partition coefficient (Wildman–Crippen LogP) is 2.26. The van der Waals surface area contributed by atoms with E-state index in [1.807, 2.05) is 4.90 Å². The SMILES string of the molecule is Cc1ccc(NC(=O)C(C)N2CCC(C(=O)O)CC2)cc1F. The van der Waals surface area contributed by atoms with Gasteiger partial charge in [0.1, 0.15) is 5.82 Å². The molecule has 22 heavy (non-hydrogen) atoms. The van der Waals surface area contributed by atoms with Crippen molar-refractivity contribution in [2.75, 3.05) is 18.4 Å². The summed E-state index contributed by atoms with van der Waals surface area (Å²) in [5.74, 6) is -1.66. The van der Waals surface area contributed by atoms with E-state index in [9.17, 15) is 14.0 Å². The Labute approximate surface area is 129 Å². The van der Waals surface area contributed by atoms with E-state index in [4.69, 9.17) is 5.11 Å². The van der Waals surface area contributed by atoms with Crippen LogP contribution in [0.3, 0.4) is 0 Å². The van der Waals surface area contributed by atoms with Gasteiger partial charge < -0.3 is 10.4 Å². The van der Waals surface area contributed by atoms with Crippen LogP contribution in [0.15, 0.2) is 18.2 Å². The number of anilines is 1. The number of carboxylic acid groups (broad SMARTS) is 1. The summed E-state index contributed by atoms with van der Waals surface area (Å²) in [4.78, 5) is 25.1. The fourth-order valence-corrected chi connectivity index (χ4v) is 2.62. The van der Waals surface area contributed by atoms with Crippen LogP contribution in [-0.2, 0) is 9.59 Å². The number of rotatable bonds is 4. The summed E-state index contributed by atoms with van der Waals surface area (Å²) in [5, 5.41) is 11.7. The van der Waals surface area contributed by atoms with Crippen molar-refractivity contribution in [3.8, 4) is 0 Å². The standard InChI is InChI=1S/C16H21FN2O3/c1-10-3-4-13(9-14(10)17)18-15(20)11(2)19-7-5-12(6-8-19)16(21)22/h3-4,9,11-12H,5-8H2,1-2H3,(H,18,20)(H,21,22). The van der Waals surface area contributed by atoms with Crippen LogP contribution in [0.4, 0.5) is 10.1 Å². The maximum absolute atomic E-state index is 13.5. The van der Waals surface area contributed by atoms with Gasteiger partial charge in [0.05, 0.1) is 12.0 Å². The highest BCUT2D eigenvalue weighted by Gasteiger charge is 2.29. The zero-order valence-corrected chi connectivity index (χ0v) is 12.8. The third kappa shape index (κ3) is 3.82. The third-order valence-electron chi connectivity index (χ3n) is 4.25. The topological polar surface area (TPSA) is 69.6 Å². The largest absolute Gasteiger partial charge is 0.481 e. The van der Waals surface area contributed by atoms with Crippen molar-refractivity contribution < 1.29 is 19.1 Å². The van der Waals surface area contributed by atoms with Gasteiger partial charge in [-0.15, -0.1) is 0 Å². The molecule has 1 amide bonds. The molecule has 2 N–H and O–H groups in total. The average Bonchev–Trinajstić information content (AvgIpc) is 2.50. The first-order valence-electron chi connectivity index (χ1n) is 7.42. The molecule has 0 saturated carbocycles. The number of carbonyl (C=O) groups excluding carboxylic acids is 1. The van der Waals surface area contributed by atoms with Crippen molar-refractivity contribution in [1.29, 1.82) is 0 Å². The number of amides is 1. The molecule has 1 fully saturated rings. The van der Waals surface area contributed by atoms with Gasteiger partial charge in [-0.3, -0.25) is 14.5 Å². The van der Waals surface area contributed by atoms with Gasteiger partial charge in [-0.25, -0.2) is 4.39 Å². The normalized spacial score (nSPS) is 18.0. The van der Waals surface area contributed by atoms with E-state index in [2.05, 4.69) is 5.32 Å². The van der Waals surface area contributed by atoms with E-state index < -0.39 is 5.97 Å². The zero-order chi connectivity index (χ0) is 16.3. The van der Waals surface area contributed by atoms with Crippen molar-refractivity contribution in [2.45, 2.75) is 32.7 Å². The minimum Gasteiger partial charge on any atom is -0.481 e. The Balaban J connectivity index is 1.92. The lowest BCUT2D eigenvalue weighted by Gasteiger charge is -2.33. The second kappa shape index (κ2) is 6.87. The van der Waals surface area contributed by atoms with Crippen molar-refractivity contribution in [1.82, 2.24) is 4.90 Å². The molecule has 120 valence electrons. The van der Waals surface area contributed by atoms with Crippen LogP contribution in [0.5, 0.6) is 0 Å². The molecule has 0 bridgehead atoms. The lowest BCUT2D eigenvalue weighted by Crippen LogP contribution is -2.46. The molecule has 1 unspecified atom stereocenters. The van der Waals surface area contributed by atoms with Crippen molar-refractivity contribution in [3.05, 3.63) is 29.6 Å². The summed E-state index contributed by atoms with van der Waals surface area (Å²) in [6.45, 7) is 4.60. The minimum absolute atomic E-state index is 0.211. The number of hydrogen-bond donors (Lipinski definition) is 2. The Bertz CT molecular complexity index is 569. The maximum Gasteiger partial charge on any atom is 0.306 e. The molecule has 2 rings (SSSR count). The van der Waals surface area contributed by atoms with E-state index in [1.54, 1.807) is 26.0 Å². The Morgan fingerprint density at radius 3 is 2.55 bits per heavy atom. The number of nitrogens with one attached hydrogen (secondary N) is 1. The van der Waals surface area contributed by atoms with Crippen LogP contribution in [0.2, 0.25) is 0 Å². The van der Waals surface area contributed by atoms with Gasteiger partial charge in [0.15, 0.2) is 0 Å². The Morgan fingerprint density at radius 1 is 1.36 bits per heavy atom. The number of nitrogens with zero attached hydrogens (tertiary/aromatic N) is 1. The zero-order valence-electron chi connectivity index (χ0n) is 12.8. The van der Waals surface area contributed by atoms with Crippen LogP contribution < -0.4 is 5.32 Å². The average molecular weight is 308 g/mol. The van der Waals surface area contributed by atoms with Crippen molar-refractivity contribution in [3.63, 3.8) is 0 Å². The smallest absolute Gasteiger partial charge is 0.306 e. The van der Waals surface area contributed by atoms with Crippen LogP contribution in [-0.4, -0.2) is 41.0 Å². The van der Waals surface area contributed by atoms with Crippen LogP contribution in [0.25, 0.3) is 0 Å². The number of carbonyl (C=O) groups is 2. The van der Waals surface area contributed by atoms with Crippen LogP contribution in [0, 0.1) is 18.7 Å². The Morgan fingerprint density at radius 2 is 2.00 bits per heavy atom. The molecule has 1 aliphatic heterocycles. The molecule has 0 radical (unpaired) electrons. The first-order valence-corrected chi connectivity index (χ1v) is 7.42. The Kier molecular flexibility index (Phi) is 5.13. The molecule has 0 aromatic heterocycles. The van der Waals surface area contributed by atoms with E-state index in [-0.39, 0.29) is 23.7 Å². The van der Waals surface area contributed by atoms with Gasteiger partial charge in [0.2, 0.25) is 5.91 Å². The molecule has 1 heterocycles. The first kappa shape index (κ1) is 16.4. The van der Waals surface area contributed by atoms with Gasteiger partial charge in [-0.05, 0) is 57.5 Å². The van der Waals surface area contributed by atoms with Gasteiger partial charge in [0, 0.05) is 5.69 Å². The van der Waals surface area contributed by atoms with E-state index in [0.29, 0.717) is 37.2 Å². The van der Waals surface area contributed by atoms with Gasteiger partial charge in [0.25, 0.3) is 0 Å². The highest BCUT2D eigenvalue weighted by molar-refractivity contribution is 5.94. The van der Waals surface area contributed by atoms with Gasteiger partial charge in [-0.1, -0.05) is 6.07 Å². The number of piperidine rings is 1. The summed E-state index contributed by atoms with van der Waals surface area (Å²) in [6.07, 6.45) is 1.10. The fraction of sp³-hybridized carbons (Fsp3) is 0.500. The van der Waals surface area contributed by atoms with Gasteiger partial charge in [-0.2, -0.15) is 0 Å². The molecular formula is C16H21FN2O3. The van der Waals surface area contributed by atoms with Gasteiger partial charge >= 0.3 is 5.97 Å². The third-order valence-corrected chi connectivity index (χ3v) is 4.25. The van der Waals surface area contributed by atoms with Crippen LogP contribution in [0.1, 0.15) is 25.3 Å². The number of hydrogen-bond acceptors (Lipinski definition) is 3. The maximum atomic E-state index is 13.5. The summed E-state index contributed by atoms with van der Waals surface area (Å²) in [5.41, 5.74) is 0.960. The first-order chi connectivity index (χ1) is 10.4. The highest BCUT2D eigenvalue weighted by atomic mass is 19.1.